The van der Waals surface area contributed by atoms with Crippen LogP contribution in [0.4, 0.5) is 0 Å². The Morgan fingerprint density at radius 1 is 0.618 bits per heavy atom. The molecule has 0 heterocycles. The molecular formula is C30H65N2O2+. The number of quaternary nitrogens is 1. The van der Waals surface area contributed by atoms with Crippen molar-refractivity contribution in [3.8, 4) is 0 Å². The number of hydroxylamine groups is 3. The summed E-state index contributed by atoms with van der Waals surface area (Å²) in [6.07, 6.45) is 30.1. The van der Waals surface area contributed by atoms with E-state index >= 15 is 0 Å². The molecule has 0 radical (unpaired) electrons. The minimum absolute atomic E-state index is 0.115. The van der Waals surface area contributed by atoms with E-state index in [1.165, 1.54) is 116 Å². The Kier molecular flexibility index (Phi) is 28.2. The predicted molar refractivity (Wildman–Crippen MR) is 150 cm³/mol. The Balaban J connectivity index is 0. The van der Waals surface area contributed by atoms with Gasteiger partial charge in [0.15, 0.2) is 0 Å². The first-order valence-electron chi connectivity index (χ1n) is 15.1. The van der Waals surface area contributed by atoms with Crippen LogP contribution in [-0.4, -0.2) is 35.9 Å². The van der Waals surface area contributed by atoms with Gasteiger partial charge in [-0.1, -0.05) is 143 Å². The summed E-state index contributed by atoms with van der Waals surface area (Å²) >= 11 is 0. The van der Waals surface area contributed by atoms with Gasteiger partial charge in [0.25, 0.3) is 0 Å². The molecule has 0 rings (SSSR count). The normalized spacial score (nSPS) is 12.3. The summed E-state index contributed by atoms with van der Waals surface area (Å²) < 4.78 is 0.115. The molecule has 0 fully saturated rings. The molecule has 3 N–H and O–H groups in total. The molecule has 1 unspecified atom stereocenters. The Bertz CT molecular complexity index is 407. The number of primary amides is 1. The summed E-state index contributed by atoms with van der Waals surface area (Å²) in [5.41, 5.74) is 5.13. The summed E-state index contributed by atoms with van der Waals surface area (Å²) in [6, 6.07) is 0.407. The molecule has 0 saturated heterocycles. The van der Waals surface area contributed by atoms with Gasteiger partial charge in [-0.2, -0.15) is 4.65 Å². The Morgan fingerprint density at radius 2 is 0.941 bits per heavy atom. The molecule has 1 atom stereocenters. The van der Waals surface area contributed by atoms with Crippen LogP contribution in [0.25, 0.3) is 0 Å². The largest absolute Gasteiger partial charge is 0.370 e. The Morgan fingerprint density at radius 3 is 1.15 bits per heavy atom. The van der Waals surface area contributed by atoms with Gasteiger partial charge in [0, 0.05) is 12.8 Å². The van der Waals surface area contributed by atoms with Crippen LogP contribution < -0.4 is 5.73 Å². The number of amides is 1. The van der Waals surface area contributed by atoms with Crippen LogP contribution in [0.5, 0.6) is 0 Å². The molecule has 0 bridgehead atoms. The maximum atomic E-state index is 10.6. The second-order valence-corrected chi connectivity index (χ2v) is 10.9. The lowest BCUT2D eigenvalue weighted by Crippen LogP contribution is -2.45. The maximum Gasteiger partial charge on any atom is 0.217 e. The fraction of sp³-hybridized carbons (Fsp3) is 0.967. The fourth-order valence-corrected chi connectivity index (χ4v) is 4.68. The predicted octanol–water partition coefficient (Wildman–Crippen LogP) is 9.32. The SMILES string of the molecule is CCCC(CC)[N+](C)(C)O.CCCCCCCCCCCCCCCCCCCCCC(N)=O. The fourth-order valence-electron chi connectivity index (χ4n) is 4.68. The first-order valence-corrected chi connectivity index (χ1v) is 15.1. The van der Waals surface area contributed by atoms with Crippen LogP contribution in [0, 0.1) is 0 Å². The Labute approximate surface area is 215 Å². The molecule has 0 aliphatic heterocycles. The summed E-state index contributed by atoms with van der Waals surface area (Å²) in [7, 11) is 3.67. The summed E-state index contributed by atoms with van der Waals surface area (Å²) in [6.45, 7) is 6.56. The molecule has 0 saturated carbocycles. The highest BCUT2D eigenvalue weighted by Crippen LogP contribution is 2.15. The number of carbonyl (C=O) groups excluding carboxylic acids is 1. The molecule has 0 aliphatic rings. The van der Waals surface area contributed by atoms with Crippen molar-refractivity contribution in [1.29, 1.82) is 0 Å². The average Bonchev–Trinajstić information content (AvgIpc) is 2.78. The van der Waals surface area contributed by atoms with E-state index in [1.807, 2.05) is 14.1 Å². The third kappa shape index (κ3) is 29.4. The number of nitrogens with zero attached hydrogens (tertiary/aromatic N) is 1. The number of nitrogens with two attached hydrogens (primary N) is 1. The second-order valence-electron chi connectivity index (χ2n) is 10.9. The molecule has 206 valence electrons. The minimum Gasteiger partial charge on any atom is -0.370 e. The highest BCUT2D eigenvalue weighted by molar-refractivity contribution is 5.73. The van der Waals surface area contributed by atoms with E-state index < -0.39 is 0 Å². The topological polar surface area (TPSA) is 63.3 Å². The smallest absolute Gasteiger partial charge is 0.217 e. The first kappa shape index (κ1) is 35.6. The van der Waals surface area contributed by atoms with Crippen molar-refractivity contribution in [2.75, 3.05) is 14.1 Å². The van der Waals surface area contributed by atoms with Gasteiger partial charge >= 0.3 is 0 Å². The van der Waals surface area contributed by atoms with Crippen LogP contribution in [0.15, 0.2) is 0 Å². The molecule has 0 spiro atoms. The van der Waals surface area contributed by atoms with Gasteiger partial charge in [0.2, 0.25) is 5.91 Å². The van der Waals surface area contributed by atoms with Crippen molar-refractivity contribution >= 4 is 5.91 Å². The molecule has 1 amide bonds. The van der Waals surface area contributed by atoms with Crippen molar-refractivity contribution in [3.63, 3.8) is 0 Å². The van der Waals surface area contributed by atoms with Gasteiger partial charge < -0.3 is 5.73 Å². The third-order valence-electron chi connectivity index (χ3n) is 7.01. The lowest BCUT2D eigenvalue weighted by molar-refractivity contribution is -1.09. The molecule has 4 nitrogen and oxygen atoms in total. The summed E-state index contributed by atoms with van der Waals surface area (Å²) in [5, 5.41) is 9.55. The van der Waals surface area contributed by atoms with Crippen molar-refractivity contribution in [2.24, 2.45) is 5.73 Å². The van der Waals surface area contributed by atoms with Gasteiger partial charge in [-0.3, -0.25) is 4.79 Å². The molecule has 0 aliphatic carbocycles. The molecule has 34 heavy (non-hydrogen) atoms. The van der Waals surface area contributed by atoms with E-state index in [-0.39, 0.29) is 10.6 Å². The van der Waals surface area contributed by atoms with Gasteiger partial charge in [-0.15, -0.1) is 0 Å². The quantitative estimate of drug-likeness (QED) is 0.0812. The highest BCUT2D eigenvalue weighted by atomic mass is 16.5. The first-order chi connectivity index (χ1) is 16.3. The second kappa shape index (κ2) is 27.0. The zero-order valence-electron chi connectivity index (χ0n) is 24.2. The molecule has 0 aromatic heterocycles. The van der Waals surface area contributed by atoms with Gasteiger partial charge in [0.1, 0.15) is 6.04 Å². The van der Waals surface area contributed by atoms with Gasteiger partial charge in [-0.25, -0.2) is 5.21 Å². The number of hydrogen-bond donors (Lipinski definition) is 2. The van der Waals surface area contributed by atoms with Crippen LogP contribution in [0.3, 0.4) is 0 Å². The molecule has 0 aromatic rings. The van der Waals surface area contributed by atoms with Crippen LogP contribution in [0.2, 0.25) is 0 Å². The van der Waals surface area contributed by atoms with Crippen molar-refractivity contribution in [2.45, 2.75) is 174 Å². The van der Waals surface area contributed by atoms with Crippen molar-refractivity contribution < 1.29 is 14.6 Å². The summed E-state index contributed by atoms with van der Waals surface area (Å²) in [4.78, 5) is 10.6. The standard InChI is InChI=1S/C22H45NO.C8H20NO/c1-2-3-4-5-6-7-8-9-10-11-12-13-14-15-16-17-18-19-20-21-22(23)24;1-5-7-8(6-2)9(3,4)10/h2-21H2,1H3,(H2,23,24);8,10H,5-7H2,1-4H3/q;+1. The zero-order chi connectivity index (χ0) is 25.9. The van der Waals surface area contributed by atoms with E-state index in [9.17, 15) is 10.0 Å². The summed E-state index contributed by atoms with van der Waals surface area (Å²) in [5.74, 6) is -0.151. The van der Waals surface area contributed by atoms with Crippen LogP contribution >= 0.6 is 0 Å². The van der Waals surface area contributed by atoms with E-state index in [0.717, 1.165) is 25.7 Å². The van der Waals surface area contributed by atoms with E-state index in [2.05, 4.69) is 20.8 Å². The minimum atomic E-state index is -0.151. The zero-order valence-corrected chi connectivity index (χ0v) is 24.2. The lowest BCUT2D eigenvalue weighted by atomic mass is 10.0. The maximum absolute atomic E-state index is 10.6. The third-order valence-corrected chi connectivity index (χ3v) is 7.01. The monoisotopic (exact) mass is 486 g/mol. The van der Waals surface area contributed by atoms with Crippen molar-refractivity contribution in [1.82, 2.24) is 0 Å². The van der Waals surface area contributed by atoms with Crippen LogP contribution in [0.1, 0.15) is 168 Å². The molecule has 0 aromatic carbocycles. The highest BCUT2D eigenvalue weighted by Gasteiger charge is 2.23. The Hall–Kier alpha value is -0.610. The van der Waals surface area contributed by atoms with Gasteiger partial charge in [-0.05, 0) is 12.8 Å². The lowest BCUT2D eigenvalue weighted by Gasteiger charge is -2.29. The molecular weight excluding hydrogens is 420 g/mol. The molecule has 4 heteroatoms. The number of unbranched alkanes of at least 4 members (excludes halogenated alkanes) is 18. The van der Waals surface area contributed by atoms with E-state index in [0.29, 0.717) is 12.5 Å². The number of carbonyl (C=O) groups is 1. The number of hydrogen-bond acceptors (Lipinski definition) is 2. The van der Waals surface area contributed by atoms with Crippen molar-refractivity contribution in [3.05, 3.63) is 0 Å². The van der Waals surface area contributed by atoms with E-state index in [1.54, 1.807) is 0 Å². The average molecular weight is 486 g/mol. The number of rotatable bonds is 24. The van der Waals surface area contributed by atoms with Gasteiger partial charge in [0.05, 0.1) is 14.1 Å². The van der Waals surface area contributed by atoms with Crippen LogP contribution in [-0.2, 0) is 4.79 Å². The van der Waals surface area contributed by atoms with E-state index in [4.69, 9.17) is 5.73 Å².